The highest BCUT2D eigenvalue weighted by Gasteiger charge is 2.32. The lowest BCUT2D eigenvalue weighted by Gasteiger charge is -2.16. The molecule has 1 aliphatic heterocycles. The third-order valence-electron chi connectivity index (χ3n) is 2.91. The van der Waals surface area contributed by atoms with Gasteiger partial charge in [-0.15, -0.1) is 0 Å². The molecule has 1 amide bonds. The molecule has 1 unspecified atom stereocenters. The summed E-state index contributed by atoms with van der Waals surface area (Å²) in [5.74, 6) is -0.180. The van der Waals surface area contributed by atoms with Crippen molar-refractivity contribution in [2.75, 3.05) is 24.3 Å². The summed E-state index contributed by atoms with van der Waals surface area (Å²) in [4.78, 5) is 17.4. The highest BCUT2D eigenvalue weighted by molar-refractivity contribution is 7.89. The zero-order valence-corrected chi connectivity index (χ0v) is 11.3. The Labute approximate surface area is 111 Å². The molecule has 1 fully saturated rings. The average Bonchev–Trinajstić information content (AvgIpc) is 2.68. The van der Waals surface area contributed by atoms with Crippen molar-refractivity contribution < 1.29 is 17.9 Å². The zero-order valence-electron chi connectivity index (χ0n) is 10.4. The van der Waals surface area contributed by atoms with Crippen LogP contribution in [-0.4, -0.2) is 38.7 Å². The fourth-order valence-electron chi connectivity index (χ4n) is 2.15. The number of pyridine rings is 1. The van der Waals surface area contributed by atoms with E-state index in [2.05, 4.69) is 4.98 Å². The van der Waals surface area contributed by atoms with Crippen LogP contribution < -0.4 is 14.8 Å². The lowest BCUT2D eigenvalue weighted by molar-refractivity contribution is -0.117. The lowest BCUT2D eigenvalue weighted by Crippen LogP contribution is -2.27. The molecule has 0 aromatic carbocycles. The first-order valence-electron chi connectivity index (χ1n) is 5.70. The number of amides is 1. The summed E-state index contributed by atoms with van der Waals surface area (Å²) < 4.78 is 27.1. The van der Waals surface area contributed by atoms with E-state index in [1.54, 1.807) is 12.1 Å². The van der Waals surface area contributed by atoms with E-state index in [0.29, 0.717) is 18.1 Å². The summed E-state index contributed by atoms with van der Waals surface area (Å²) in [7, 11) is -2.08. The first-order valence-corrected chi connectivity index (χ1v) is 7.41. The molecule has 0 spiro atoms. The minimum atomic E-state index is -3.57. The number of nitrogens with two attached hydrogens (primary N) is 1. The van der Waals surface area contributed by atoms with Crippen molar-refractivity contribution in [2.24, 2.45) is 11.1 Å². The van der Waals surface area contributed by atoms with Crippen molar-refractivity contribution in [3.63, 3.8) is 0 Å². The van der Waals surface area contributed by atoms with Crippen molar-refractivity contribution in [1.82, 2.24) is 4.98 Å². The molecule has 2 heterocycles. The number of hydrogen-bond acceptors (Lipinski definition) is 5. The van der Waals surface area contributed by atoms with Crippen LogP contribution in [0.1, 0.15) is 6.42 Å². The number of hydrogen-bond donors (Lipinski definition) is 1. The smallest absolute Gasteiger partial charge is 0.227 e. The van der Waals surface area contributed by atoms with Crippen LogP contribution >= 0.6 is 0 Å². The number of nitrogens with zero attached hydrogens (tertiary/aromatic N) is 2. The van der Waals surface area contributed by atoms with Crippen LogP contribution in [0.5, 0.6) is 5.88 Å². The quantitative estimate of drug-likeness (QED) is 0.820. The first-order chi connectivity index (χ1) is 8.89. The van der Waals surface area contributed by atoms with Crippen LogP contribution in [0.2, 0.25) is 0 Å². The van der Waals surface area contributed by atoms with E-state index >= 15 is 0 Å². The largest absolute Gasteiger partial charge is 0.481 e. The van der Waals surface area contributed by atoms with Gasteiger partial charge in [0.1, 0.15) is 0 Å². The number of carbonyl (C=O) groups excluding carboxylic acids is 1. The Morgan fingerprint density at radius 3 is 2.95 bits per heavy atom. The van der Waals surface area contributed by atoms with Gasteiger partial charge in [0.05, 0.1) is 18.6 Å². The fourth-order valence-corrected chi connectivity index (χ4v) is 3.03. The minimum absolute atomic E-state index is 0.123. The summed E-state index contributed by atoms with van der Waals surface area (Å²) in [5.41, 5.74) is 0.647. The van der Waals surface area contributed by atoms with Gasteiger partial charge in [-0.3, -0.25) is 4.79 Å². The second-order valence-corrected chi connectivity index (χ2v) is 6.12. The highest BCUT2D eigenvalue weighted by atomic mass is 32.2. The Hall–Kier alpha value is -1.67. The molecule has 0 aliphatic carbocycles. The molecule has 1 aliphatic rings. The summed E-state index contributed by atoms with van der Waals surface area (Å²) >= 11 is 0. The van der Waals surface area contributed by atoms with Gasteiger partial charge < -0.3 is 9.64 Å². The van der Waals surface area contributed by atoms with E-state index in [0.717, 1.165) is 0 Å². The Balaban J connectivity index is 2.15. The fraction of sp³-hybridized carbons (Fsp3) is 0.455. The van der Waals surface area contributed by atoms with Gasteiger partial charge in [0, 0.05) is 31.1 Å². The van der Waals surface area contributed by atoms with E-state index in [9.17, 15) is 13.2 Å². The average molecular weight is 285 g/mol. The molecule has 19 heavy (non-hydrogen) atoms. The Morgan fingerprint density at radius 1 is 1.58 bits per heavy atom. The van der Waals surface area contributed by atoms with Gasteiger partial charge in [-0.1, -0.05) is 0 Å². The van der Waals surface area contributed by atoms with Crippen molar-refractivity contribution in [3.8, 4) is 5.88 Å². The van der Waals surface area contributed by atoms with Crippen molar-refractivity contribution >= 4 is 21.6 Å². The van der Waals surface area contributed by atoms with Crippen LogP contribution in [0.15, 0.2) is 18.3 Å². The summed E-state index contributed by atoms with van der Waals surface area (Å²) in [6.45, 7) is 0.336. The third kappa shape index (κ3) is 3.42. The Bertz CT molecular complexity index is 587. The summed E-state index contributed by atoms with van der Waals surface area (Å²) in [6, 6.07) is 3.32. The van der Waals surface area contributed by atoms with Gasteiger partial charge in [-0.25, -0.2) is 18.5 Å². The second-order valence-electron chi connectivity index (χ2n) is 4.46. The molecule has 0 radical (unpaired) electrons. The number of methoxy groups -OCH3 is 1. The van der Waals surface area contributed by atoms with Gasteiger partial charge in [-0.2, -0.15) is 0 Å². The number of rotatable bonds is 4. The van der Waals surface area contributed by atoms with Crippen LogP contribution in [0.3, 0.4) is 0 Å². The second kappa shape index (κ2) is 5.14. The molecular formula is C11H15N3O4S. The maximum absolute atomic E-state index is 11.9. The molecule has 7 nitrogen and oxygen atoms in total. The standard InChI is InChI=1S/C11H15N3O4S/c1-18-10-5-9(2-3-13-10)14-6-8(4-11(14)15)7-19(12,16)17/h2-3,5,8H,4,6-7H2,1H3,(H2,12,16,17). The topological polar surface area (TPSA) is 103 Å². The lowest BCUT2D eigenvalue weighted by atomic mass is 10.1. The van der Waals surface area contributed by atoms with Gasteiger partial charge in [-0.05, 0) is 6.07 Å². The van der Waals surface area contributed by atoms with Gasteiger partial charge in [0.25, 0.3) is 0 Å². The molecule has 104 valence electrons. The van der Waals surface area contributed by atoms with E-state index in [1.165, 1.54) is 18.2 Å². The van der Waals surface area contributed by atoms with E-state index in [1.807, 2.05) is 0 Å². The Kier molecular flexibility index (Phi) is 3.72. The maximum Gasteiger partial charge on any atom is 0.227 e. The summed E-state index contributed by atoms with van der Waals surface area (Å²) in [5, 5.41) is 5.00. The Morgan fingerprint density at radius 2 is 2.32 bits per heavy atom. The molecule has 1 aromatic heterocycles. The number of primary sulfonamides is 1. The molecule has 1 saturated heterocycles. The third-order valence-corrected chi connectivity index (χ3v) is 3.85. The van der Waals surface area contributed by atoms with Gasteiger partial charge >= 0.3 is 0 Å². The first kappa shape index (κ1) is 13.8. The molecule has 1 aromatic rings. The van der Waals surface area contributed by atoms with E-state index in [4.69, 9.17) is 9.88 Å². The monoisotopic (exact) mass is 285 g/mol. The number of sulfonamides is 1. The molecule has 8 heteroatoms. The van der Waals surface area contributed by atoms with Crippen LogP contribution in [0.25, 0.3) is 0 Å². The molecule has 0 bridgehead atoms. The zero-order chi connectivity index (χ0) is 14.0. The van der Waals surface area contributed by atoms with Crippen LogP contribution in [0.4, 0.5) is 5.69 Å². The van der Waals surface area contributed by atoms with Crippen LogP contribution in [-0.2, 0) is 14.8 Å². The minimum Gasteiger partial charge on any atom is -0.481 e. The number of carbonyl (C=O) groups is 1. The predicted octanol–water partition coefficient (Wildman–Crippen LogP) is -0.268. The highest BCUT2D eigenvalue weighted by Crippen LogP contribution is 2.27. The normalized spacial score (nSPS) is 19.8. The molecule has 2 rings (SSSR count). The predicted molar refractivity (Wildman–Crippen MR) is 69.2 cm³/mol. The van der Waals surface area contributed by atoms with Crippen LogP contribution in [0, 0.1) is 5.92 Å². The van der Waals surface area contributed by atoms with E-state index < -0.39 is 10.0 Å². The molecule has 0 saturated carbocycles. The molecule has 2 N–H and O–H groups in total. The number of aromatic nitrogens is 1. The molecular weight excluding hydrogens is 270 g/mol. The van der Waals surface area contributed by atoms with Gasteiger partial charge in [0.2, 0.25) is 21.8 Å². The van der Waals surface area contributed by atoms with Crippen molar-refractivity contribution in [2.45, 2.75) is 6.42 Å². The van der Waals surface area contributed by atoms with Crippen molar-refractivity contribution in [1.29, 1.82) is 0 Å². The summed E-state index contributed by atoms with van der Waals surface area (Å²) in [6.07, 6.45) is 1.72. The molecule has 1 atom stereocenters. The van der Waals surface area contributed by atoms with Gasteiger partial charge in [0.15, 0.2) is 0 Å². The SMILES string of the molecule is COc1cc(N2CC(CS(N)(=O)=O)CC2=O)ccn1. The maximum atomic E-state index is 11.9. The number of anilines is 1. The number of ether oxygens (including phenoxy) is 1. The van der Waals surface area contributed by atoms with Crippen molar-refractivity contribution in [3.05, 3.63) is 18.3 Å². The van der Waals surface area contributed by atoms with E-state index in [-0.39, 0.29) is 24.0 Å².